The van der Waals surface area contributed by atoms with Gasteiger partial charge in [-0.15, -0.1) is 0 Å². The SMILES string of the molecule is C1CCC(CC2CCC(OCC3CO3)CC2OCC2CO2)CC1. The topological polar surface area (TPSA) is 43.5 Å². The van der Waals surface area contributed by atoms with E-state index in [-0.39, 0.29) is 0 Å². The summed E-state index contributed by atoms with van der Waals surface area (Å²) in [6.45, 7) is 3.33. The number of rotatable bonds is 8. The van der Waals surface area contributed by atoms with Crippen molar-refractivity contribution in [3.05, 3.63) is 0 Å². The standard InChI is InChI=1S/C19H32O4/c1-2-4-14(5-3-1)8-15-6-7-16(20-10-17-11-21-17)9-19(15)23-13-18-12-22-18/h14-19H,1-13H2. The van der Waals surface area contributed by atoms with Crippen molar-refractivity contribution in [2.45, 2.75) is 82.2 Å². The van der Waals surface area contributed by atoms with Gasteiger partial charge in [-0.25, -0.2) is 0 Å². The molecule has 4 fully saturated rings. The summed E-state index contributed by atoms with van der Waals surface area (Å²) in [6, 6.07) is 0. The van der Waals surface area contributed by atoms with Gasteiger partial charge in [0.2, 0.25) is 0 Å². The minimum atomic E-state index is 0.367. The Labute approximate surface area is 140 Å². The van der Waals surface area contributed by atoms with E-state index in [4.69, 9.17) is 18.9 Å². The van der Waals surface area contributed by atoms with Gasteiger partial charge < -0.3 is 18.9 Å². The lowest BCUT2D eigenvalue weighted by molar-refractivity contribution is -0.0814. The zero-order chi connectivity index (χ0) is 15.5. The van der Waals surface area contributed by atoms with Crippen LogP contribution in [0.5, 0.6) is 0 Å². The first kappa shape index (κ1) is 16.3. The maximum absolute atomic E-state index is 6.28. The maximum atomic E-state index is 6.28. The van der Waals surface area contributed by atoms with Crippen LogP contribution >= 0.6 is 0 Å². The minimum absolute atomic E-state index is 0.367. The average Bonchev–Trinajstić information content (AvgIpc) is 3.48. The van der Waals surface area contributed by atoms with E-state index in [0.29, 0.717) is 24.4 Å². The van der Waals surface area contributed by atoms with Crippen molar-refractivity contribution in [2.24, 2.45) is 11.8 Å². The molecule has 4 rings (SSSR count). The lowest BCUT2D eigenvalue weighted by Gasteiger charge is -2.38. The predicted molar refractivity (Wildman–Crippen MR) is 87.5 cm³/mol. The Kier molecular flexibility index (Phi) is 5.54. The summed E-state index contributed by atoms with van der Waals surface area (Å²) < 4.78 is 22.9. The van der Waals surface area contributed by atoms with E-state index in [1.54, 1.807) is 0 Å². The van der Waals surface area contributed by atoms with Gasteiger partial charge in [-0.1, -0.05) is 32.1 Å². The van der Waals surface area contributed by atoms with Crippen molar-refractivity contribution < 1.29 is 18.9 Å². The highest BCUT2D eigenvalue weighted by Crippen LogP contribution is 2.38. The number of hydrogen-bond acceptors (Lipinski definition) is 4. The van der Waals surface area contributed by atoms with Crippen LogP contribution in [0.15, 0.2) is 0 Å². The predicted octanol–water partition coefficient (Wildman–Crippen LogP) is 3.32. The molecule has 4 nitrogen and oxygen atoms in total. The van der Waals surface area contributed by atoms with Crippen LogP contribution in [0.25, 0.3) is 0 Å². The Bertz CT molecular complexity index is 360. The molecule has 0 aromatic heterocycles. The van der Waals surface area contributed by atoms with Crippen molar-refractivity contribution in [1.29, 1.82) is 0 Å². The van der Waals surface area contributed by atoms with E-state index >= 15 is 0 Å². The Morgan fingerprint density at radius 3 is 2.17 bits per heavy atom. The molecule has 0 amide bonds. The van der Waals surface area contributed by atoms with Gasteiger partial charge in [0.05, 0.1) is 38.6 Å². The molecule has 4 heteroatoms. The summed E-state index contributed by atoms with van der Waals surface area (Å²) in [7, 11) is 0. The third-order valence-corrected chi connectivity index (χ3v) is 6.06. The van der Waals surface area contributed by atoms with Gasteiger partial charge in [0.25, 0.3) is 0 Å². The second kappa shape index (κ2) is 7.81. The molecule has 5 unspecified atom stereocenters. The zero-order valence-electron chi connectivity index (χ0n) is 14.3. The fourth-order valence-electron chi connectivity index (χ4n) is 4.43. The van der Waals surface area contributed by atoms with E-state index in [1.165, 1.54) is 51.4 Å². The number of ether oxygens (including phenoxy) is 4. The molecule has 2 heterocycles. The molecule has 23 heavy (non-hydrogen) atoms. The lowest BCUT2D eigenvalue weighted by Crippen LogP contribution is -2.38. The van der Waals surface area contributed by atoms with E-state index < -0.39 is 0 Å². The molecule has 0 radical (unpaired) electrons. The minimum Gasteiger partial charge on any atom is -0.375 e. The molecule has 0 N–H and O–H groups in total. The third kappa shape index (κ3) is 5.15. The van der Waals surface area contributed by atoms with Crippen LogP contribution < -0.4 is 0 Å². The average molecular weight is 324 g/mol. The fourth-order valence-corrected chi connectivity index (χ4v) is 4.43. The van der Waals surface area contributed by atoms with E-state index in [1.807, 2.05) is 0 Å². The van der Waals surface area contributed by atoms with Gasteiger partial charge in [0.15, 0.2) is 0 Å². The quantitative estimate of drug-likeness (QED) is 0.642. The van der Waals surface area contributed by atoms with Gasteiger partial charge in [-0.05, 0) is 31.1 Å². The van der Waals surface area contributed by atoms with Crippen LogP contribution in [0.2, 0.25) is 0 Å². The summed E-state index contributed by atoms with van der Waals surface area (Å²) >= 11 is 0. The van der Waals surface area contributed by atoms with Gasteiger partial charge in [-0.2, -0.15) is 0 Å². The van der Waals surface area contributed by atoms with E-state index in [2.05, 4.69) is 0 Å². The fraction of sp³-hybridized carbons (Fsp3) is 1.00. The second-order valence-corrected chi connectivity index (χ2v) is 8.05. The Morgan fingerprint density at radius 2 is 1.48 bits per heavy atom. The van der Waals surface area contributed by atoms with Crippen LogP contribution in [0.1, 0.15) is 57.8 Å². The Morgan fingerprint density at radius 1 is 0.783 bits per heavy atom. The summed E-state index contributed by atoms with van der Waals surface area (Å²) in [5.41, 5.74) is 0. The van der Waals surface area contributed by atoms with Crippen LogP contribution in [0.4, 0.5) is 0 Å². The highest BCUT2D eigenvalue weighted by atomic mass is 16.6. The Balaban J connectivity index is 1.27. The van der Waals surface area contributed by atoms with Gasteiger partial charge >= 0.3 is 0 Å². The van der Waals surface area contributed by atoms with Crippen molar-refractivity contribution >= 4 is 0 Å². The van der Waals surface area contributed by atoms with Crippen molar-refractivity contribution in [3.8, 4) is 0 Å². The van der Waals surface area contributed by atoms with E-state index in [9.17, 15) is 0 Å². The lowest BCUT2D eigenvalue weighted by atomic mass is 9.75. The molecule has 2 aliphatic heterocycles. The first-order valence-corrected chi connectivity index (χ1v) is 9.83. The third-order valence-electron chi connectivity index (χ3n) is 6.06. The molecule has 0 bridgehead atoms. The first-order chi connectivity index (χ1) is 11.4. The molecule has 4 aliphatic rings. The molecule has 2 saturated heterocycles. The zero-order valence-corrected chi connectivity index (χ0v) is 14.3. The molecular weight excluding hydrogens is 292 g/mol. The highest BCUT2D eigenvalue weighted by molar-refractivity contribution is 4.85. The van der Waals surface area contributed by atoms with Crippen molar-refractivity contribution in [3.63, 3.8) is 0 Å². The summed E-state index contributed by atoms with van der Waals surface area (Å²) in [5, 5.41) is 0. The largest absolute Gasteiger partial charge is 0.375 e. The summed E-state index contributed by atoms with van der Waals surface area (Å²) in [5.74, 6) is 1.67. The molecule has 0 aromatic rings. The van der Waals surface area contributed by atoms with Gasteiger partial charge in [0.1, 0.15) is 12.2 Å². The number of hydrogen-bond donors (Lipinski definition) is 0. The van der Waals surface area contributed by atoms with Crippen LogP contribution in [0.3, 0.4) is 0 Å². The number of epoxide rings is 2. The van der Waals surface area contributed by atoms with Gasteiger partial charge in [0, 0.05) is 6.42 Å². The smallest absolute Gasteiger partial charge is 0.104 e. The van der Waals surface area contributed by atoms with Crippen molar-refractivity contribution in [2.75, 3.05) is 26.4 Å². The Hall–Kier alpha value is -0.160. The molecule has 0 spiro atoms. The van der Waals surface area contributed by atoms with Crippen molar-refractivity contribution in [1.82, 2.24) is 0 Å². The van der Waals surface area contributed by atoms with Crippen LogP contribution in [0, 0.1) is 11.8 Å². The molecule has 2 aliphatic carbocycles. The maximum Gasteiger partial charge on any atom is 0.104 e. The first-order valence-electron chi connectivity index (χ1n) is 9.83. The van der Waals surface area contributed by atoms with Gasteiger partial charge in [-0.3, -0.25) is 0 Å². The molecule has 0 aromatic carbocycles. The normalized spacial score (nSPS) is 41.0. The monoisotopic (exact) mass is 324 g/mol. The van der Waals surface area contributed by atoms with Crippen LogP contribution in [-0.2, 0) is 18.9 Å². The molecule has 132 valence electrons. The second-order valence-electron chi connectivity index (χ2n) is 8.05. The van der Waals surface area contributed by atoms with Crippen LogP contribution in [-0.4, -0.2) is 50.8 Å². The molecular formula is C19H32O4. The molecule has 5 atom stereocenters. The van der Waals surface area contributed by atoms with E-state index in [0.717, 1.165) is 44.7 Å². The molecule has 2 saturated carbocycles. The summed E-state index contributed by atoms with van der Waals surface area (Å²) in [4.78, 5) is 0. The summed E-state index contributed by atoms with van der Waals surface area (Å²) in [6.07, 6.45) is 13.6. The highest BCUT2D eigenvalue weighted by Gasteiger charge is 2.36.